The Bertz CT molecular complexity index is 364. The number of aryl methyl sites for hydroxylation is 1. The maximum Gasteiger partial charge on any atom is 0.254 e. The van der Waals surface area contributed by atoms with Crippen molar-refractivity contribution in [2.24, 2.45) is 13.0 Å². The molecule has 1 aliphatic carbocycles. The summed E-state index contributed by atoms with van der Waals surface area (Å²) in [5.41, 5.74) is 0.654. The summed E-state index contributed by atoms with van der Waals surface area (Å²) in [6.45, 7) is 2.28. The topological polar surface area (TPSA) is 46.9 Å². The van der Waals surface area contributed by atoms with E-state index < -0.39 is 0 Å². The van der Waals surface area contributed by atoms with E-state index in [-0.39, 0.29) is 5.91 Å². The molecule has 0 radical (unpaired) electrons. The van der Waals surface area contributed by atoms with Gasteiger partial charge in [0.2, 0.25) is 0 Å². The van der Waals surface area contributed by atoms with E-state index in [2.05, 4.69) is 17.3 Å². The molecule has 1 aromatic rings. The van der Waals surface area contributed by atoms with Crippen molar-refractivity contribution < 1.29 is 4.79 Å². The minimum absolute atomic E-state index is 0.00709. The molecule has 0 aliphatic heterocycles. The van der Waals surface area contributed by atoms with E-state index in [0.717, 1.165) is 18.8 Å². The molecule has 0 saturated heterocycles. The number of hydrogen-bond acceptors (Lipinski definition) is 2. The number of aromatic nitrogens is 2. The third kappa shape index (κ3) is 2.62. The molecule has 1 aromatic heterocycles. The number of nitrogens with zero attached hydrogens (tertiary/aromatic N) is 2. The number of rotatable bonds is 2. The molecular weight excluding hydrogens is 202 g/mol. The fraction of sp³-hybridized carbons (Fsp3) is 0.667. The molecule has 1 heterocycles. The smallest absolute Gasteiger partial charge is 0.254 e. The molecule has 1 aliphatic rings. The Morgan fingerprint density at radius 3 is 2.69 bits per heavy atom. The molecule has 88 valence electrons. The normalized spacial score (nSPS) is 25.4. The summed E-state index contributed by atoms with van der Waals surface area (Å²) in [7, 11) is 1.82. The average Bonchev–Trinajstić information content (AvgIpc) is 2.68. The highest BCUT2D eigenvalue weighted by molar-refractivity contribution is 5.93. The van der Waals surface area contributed by atoms with Crippen LogP contribution in [-0.4, -0.2) is 21.7 Å². The van der Waals surface area contributed by atoms with Crippen LogP contribution in [0.4, 0.5) is 0 Å². The van der Waals surface area contributed by atoms with Crippen molar-refractivity contribution in [2.75, 3.05) is 0 Å². The second kappa shape index (κ2) is 4.68. The lowest BCUT2D eigenvalue weighted by Gasteiger charge is -2.26. The minimum Gasteiger partial charge on any atom is -0.349 e. The molecule has 4 heteroatoms. The van der Waals surface area contributed by atoms with Crippen molar-refractivity contribution in [1.82, 2.24) is 15.1 Å². The van der Waals surface area contributed by atoms with Crippen molar-refractivity contribution in [3.8, 4) is 0 Å². The van der Waals surface area contributed by atoms with Gasteiger partial charge in [-0.2, -0.15) is 5.10 Å². The van der Waals surface area contributed by atoms with Gasteiger partial charge in [0.05, 0.1) is 11.8 Å². The van der Waals surface area contributed by atoms with Crippen LogP contribution in [0.2, 0.25) is 0 Å². The Kier molecular flexibility index (Phi) is 3.27. The van der Waals surface area contributed by atoms with Crippen LogP contribution in [-0.2, 0) is 7.05 Å². The van der Waals surface area contributed by atoms with Crippen molar-refractivity contribution in [3.63, 3.8) is 0 Å². The summed E-state index contributed by atoms with van der Waals surface area (Å²) >= 11 is 0. The Labute approximate surface area is 96.0 Å². The highest BCUT2D eigenvalue weighted by Gasteiger charge is 2.20. The van der Waals surface area contributed by atoms with Gasteiger partial charge < -0.3 is 5.32 Å². The third-order valence-corrected chi connectivity index (χ3v) is 3.32. The molecule has 0 unspecified atom stereocenters. The molecule has 0 spiro atoms. The first-order valence-corrected chi connectivity index (χ1v) is 5.94. The molecule has 1 N–H and O–H groups in total. The lowest BCUT2D eigenvalue weighted by molar-refractivity contribution is 0.0923. The zero-order valence-electron chi connectivity index (χ0n) is 9.94. The number of hydrogen-bond donors (Lipinski definition) is 1. The Morgan fingerprint density at radius 1 is 1.44 bits per heavy atom. The van der Waals surface area contributed by atoms with E-state index in [9.17, 15) is 4.79 Å². The summed E-state index contributed by atoms with van der Waals surface area (Å²) in [6, 6.07) is 0.351. The van der Waals surface area contributed by atoms with Gasteiger partial charge in [-0.1, -0.05) is 6.92 Å². The van der Waals surface area contributed by atoms with Crippen LogP contribution in [0.1, 0.15) is 43.0 Å². The van der Waals surface area contributed by atoms with Crippen LogP contribution < -0.4 is 5.32 Å². The van der Waals surface area contributed by atoms with Crippen molar-refractivity contribution in [3.05, 3.63) is 18.0 Å². The second-order valence-corrected chi connectivity index (χ2v) is 4.83. The van der Waals surface area contributed by atoms with Crippen LogP contribution in [0.25, 0.3) is 0 Å². The van der Waals surface area contributed by atoms with Gasteiger partial charge >= 0.3 is 0 Å². The third-order valence-electron chi connectivity index (χ3n) is 3.32. The number of carbonyl (C=O) groups is 1. The SMILES string of the molecule is CC1CCC(NC(=O)c2cnn(C)c2)CC1. The molecule has 2 rings (SSSR count). The van der Waals surface area contributed by atoms with Crippen molar-refractivity contribution in [1.29, 1.82) is 0 Å². The maximum atomic E-state index is 11.8. The van der Waals surface area contributed by atoms with E-state index in [1.807, 2.05) is 7.05 Å². The molecule has 1 fully saturated rings. The molecule has 0 aromatic carbocycles. The van der Waals surface area contributed by atoms with E-state index in [0.29, 0.717) is 11.6 Å². The van der Waals surface area contributed by atoms with Gasteiger partial charge in [-0.25, -0.2) is 0 Å². The standard InChI is InChI=1S/C12H19N3O/c1-9-3-5-11(6-4-9)14-12(16)10-7-13-15(2)8-10/h7-9,11H,3-6H2,1-2H3,(H,14,16). The first-order valence-electron chi connectivity index (χ1n) is 5.94. The molecule has 16 heavy (non-hydrogen) atoms. The predicted octanol–water partition coefficient (Wildman–Crippen LogP) is 1.73. The summed E-state index contributed by atoms with van der Waals surface area (Å²) < 4.78 is 1.65. The zero-order chi connectivity index (χ0) is 11.5. The van der Waals surface area contributed by atoms with Crippen molar-refractivity contribution >= 4 is 5.91 Å². The van der Waals surface area contributed by atoms with Gasteiger partial charge in [0.1, 0.15) is 0 Å². The highest BCUT2D eigenvalue weighted by Crippen LogP contribution is 2.23. The van der Waals surface area contributed by atoms with Gasteiger partial charge in [0.15, 0.2) is 0 Å². The summed E-state index contributed by atoms with van der Waals surface area (Å²) in [5, 5.41) is 7.08. The molecule has 0 atom stereocenters. The van der Waals surface area contributed by atoms with Gasteiger partial charge in [-0.15, -0.1) is 0 Å². The molecule has 1 amide bonds. The molecule has 0 bridgehead atoms. The van der Waals surface area contributed by atoms with Gasteiger partial charge in [-0.05, 0) is 31.6 Å². The average molecular weight is 221 g/mol. The van der Waals surface area contributed by atoms with Gasteiger partial charge in [0, 0.05) is 19.3 Å². The lowest BCUT2D eigenvalue weighted by Crippen LogP contribution is -2.37. The largest absolute Gasteiger partial charge is 0.349 e. The zero-order valence-corrected chi connectivity index (χ0v) is 9.94. The van der Waals surface area contributed by atoms with Gasteiger partial charge in [0.25, 0.3) is 5.91 Å². The van der Waals surface area contributed by atoms with E-state index >= 15 is 0 Å². The maximum absolute atomic E-state index is 11.8. The Hall–Kier alpha value is -1.32. The van der Waals surface area contributed by atoms with E-state index in [1.54, 1.807) is 17.1 Å². The number of nitrogens with one attached hydrogen (secondary N) is 1. The van der Waals surface area contributed by atoms with Crippen LogP contribution in [0.3, 0.4) is 0 Å². The van der Waals surface area contributed by atoms with Crippen LogP contribution in [0.15, 0.2) is 12.4 Å². The fourth-order valence-electron chi connectivity index (χ4n) is 2.21. The first kappa shape index (κ1) is 11.2. The predicted molar refractivity (Wildman–Crippen MR) is 62.1 cm³/mol. The van der Waals surface area contributed by atoms with Crippen LogP contribution >= 0.6 is 0 Å². The van der Waals surface area contributed by atoms with Crippen LogP contribution in [0.5, 0.6) is 0 Å². The number of carbonyl (C=O) groups excluding carboxylic acids is 1. The number of amides is 1. The summed E-state index contributed by atoms with van der Waals surface area (Å²) in [6.07, 6.45) is 8.01. The van der Waals surface area contributed by atoms with Crippen LogP contribution in [0, 0.1) is 5.92 Å². The summed E-state index contributed by atoms with van der Waals surface area (Å²) in [4.78, 5) is 11.8. The van der Waals surface area contributed by atoms with E-state index in [1.165, 1.54) is 12.8 Å². The molecular formula is C12H19N3O. The van der Waals surface area contributed by atoms with E-state index in [4.69, 9.17) is 0 Å². The quantitative estimate of drug-likeness (QED) is 0.826. The second-order valence-electron chi connectivity index (χ2n) is 4.83. The monoisotopic (exact) mass is 221 g/mol. The van der Waals surface area contributed by atoms with Crippen molar-refractivity contribution in [2.45, 2.75) is 38.6 Å². The highest BCUT2D eigenvalue weighted by atomic mass is 16.1. The molecule has 1 saturated carbocycles. The molecule has 4 nitrogen and oxygen atoms in total. The fourth-order valence-corrected chi connectivity index (χ4v) is 2.21. The minimum atomic E-state index is 0.00709. The Balaban J connectivity index is 1.88. The lowest BCUT2D eigenvalue weighted by atomic mass is 9.87. The summed E-state index contributed by atoms with van der Waals surface area (Å²) in [5.74, 6) is 0.819. The Morgan fingerprint density at radius 2 is 2.12 bits per heavy atom. The van der Waals surface area contributed by atoms with Gasteiger partial charge in [-0.3, -0.25) is 9.48 Å². The first-order chi connectivity index (χ1) is 7.65.